The maximum Gasteiger partial charge on any atom is 0.200 e. The molecule has 0 saturated heterocycles. The van der Waals surface area contributed by atoms with Crippen molar-refractivity contribution in [2.45, 2.75) is 6.92 Å². The van der Waals surface area contributed by atoms with E-state index in [1.165, 1.54) is 13.4 Å². The van der Waals surface area contributed by atoms with E-state index >= 15 is 35.1 Å². The molecule has 0 unspecified atom stereocenters. The van der Waals surface area contributed by atoms with Gasteiger partial charge >= 0.3 is 154 Å². The van der Waals surface area contributed by atoms with Gasteiger partial charge < -0.3 is 0 Å². The molecule has 0 atom stereocenters. The smallest absolute Gasteiger partial charge is 0.200 e. The summed E-state index contributed by atoms with van der Waals surface area (Å²) in [5.74, 6) is -70.4. The van der Waals surface area contributed by atoms with Gasteiger partial charge in [0.15, 0.2) is 69.8 Å². The Hall–Kier alpha value is -6.52. The molecule has 0 aromatic heterocycles. The molecule has 24 heteroatoms. The van der Waals surface area contributed by atoms with Crippen molar-refractivity contribution in [1.82, 2.24) is 0 Å². The third-order valence-electron chi connectivity index (χ3n) is 10.4. The maximum absolute atomic E-state index is 15.4. The average Bonchev–Trinajstić information content (AvgIpc) is 3.36. The Balaban J connectivity index is 0.000000270. The number of rotatable bonds is 12. The summed E-state index contributed by atoms with van der Waals surface area (Å²) < 4.78 is 310. The molecule has 0 aliphatic rings. The Bertz CT molecular complexity index is 2690. The molecular formula is C46H23BF20O2Se. The van der Waals surface area contributed by atoms with Gasteiger partial charge in [0.2, 0.25) is 0 Å². The van der Waals surface area contributed by atoms with Crippen LogP contribution in [0.25, 0.3) is 0 Å². The van der Waals surface area contributed by atoms with Gasteiger partial charge in [0.25, 0.3) is 0 Å². The quantitative estimate of drug-likeness (QED) is 0.0403. The van der Waals surface area contributed by atoms with Crippen LogP contribution in [0, 0.1) is 116 Å². The van der Waals surface area contributed by atoms with E-state index in [0.29, 0.717) is 13.2 Å². The van der Waals surface area contributed by atoms with Crippen LogP contribution in [0.1, 0.15) is 6.92 Å². The summed E-state index contributed by atoms with van der Waals surface area (Å²) in [5.41, 5.74) is -14.3. The van der Waals surface area contributed by atoms with Gasteiger partial charge in [0.05, 0.1) is 0 Å². The standard InChI is InChI=1S/C24BF20.C22H23O2Se/c26-5-1(6(27)14(35)21(42)13(5)34)25(2-7(28)15(36)22(43)16(37)8(2)29,3-9(30)17(38)23(44)18(39)10(3)31)4-11(32)19(40)24(45)20(41)12(4)33;1-2-23-17-18-24-21-15-9-10-16-22(21)25(19-11-5-3-6-12-19)20-13-7-4-8-14-20/h;3-16H,2,17-18H2,1H3/q-1;+1. The molecule has 70 heavy (non-hydrogen) atoms. The number of para-hydroxylation sites is 1. The van der Waals surface area contributed by atoms with Gasteiger partial charge in [-0.3, -0.25) is 0 Å². The molecule has 0 amide bonds. The minimum Gasteiger partial charge on any atom is -0.207 e. The summed E-state index contributed by atoms with van der Waals surface area (Å²) in [6.45, 7) is 3.91. The van der Waals surface area contributed by atoms with E-state index in [0.717, 1.165) is 12.4 Å². The summed E-state index contributed by atoms with van der Waals surface area (Å²) in [5, 5.41) is 0. The summed E-state index contributed by atoms with van der Waals surface area (Å²) in [4.78, 5) is 0. The molecule has 0 heterocycles. The molecule has 0 fully saturated rings. The molecule has 0 aliphatic heterocycles. The van der Waals surface area contributed by atoms with Gasteiger partial charge in [-0.05, 0) is 0 Å². The fraction of sp³-hybridized carbons (Fsp3) is 0.0870. The largest absolute Gasteiger partial charge is 0.207 e. The third kappa shape index (κ3) is 8.96. The zero-order chi connectivity index (χ0) is 51.7. The van der Waals surface area contributed by atoms with E-state index in [4.69, 9.17) is 9.47 Å². The van der Waals surface area contributed by atoms with Crippen LogP contribution in [-0.2, 0) is 4.74 Å². The van der Waals surface area contributed by atoms with E-state index < -0.39 is 158 Å². The molecule has 7 rings (SSSR count). The number of benzene rings is 7. The molecule has 7 aromatic carbocycles. The van der Waals surface area contributed by atoms with Crippen LogP contribution in [-0.4, -0.2) is 39.9 Å². The van der Waals surface area contributed by atoms with Crippen LogP contribution >= 0.6 is 0 Å². The van der Waals surface area contributed by atoms with Crippen molar-refractivity contribution in [3.05, 3.63) is 201 Å². The first kappa shape index (κ1) is 52.8. The van der Waals surface area contributed by atoms with Crippen LogP contribution in [0.3, 0.4) is 0 Å². The first-order chi connectivity index (χ1) is 33.1. The molecule has 7 aromatic rings. The monoisotopic (exact) mass is 1080 g/mol. The Morgan fingerprint density at radius 2 is 0.586 bits per heavy atom. The summed E-state index contributed by atoms with van der Waals surface area (Å²) in [7, 11) is 0. The zero-order valence-corrected chi connectivity index (χ0v) is 36.3. The molecule has 0 bridgehead atoms. The van der Waals surface area contributed by atoms with E-state index in [-0.39, 0.29) is 0 Å². The van der Waals surface area contributed by atoms with Gasteiger partial charge in [-0.2, -0.15) is 0 Å². The molecule has 0 saturated carbocycles. The number of ether oxygens (including phenoxy) is 2. The van der Waals surface area contributed by atoms with Crippen molar-refractivity contribution in [2.24, 2.45) is 0 Å². The Labute approximate surface area is 385 Å². The fourth-order valence-corrected chi connectivity index (χ4v) is 12.0. The normalized spacial score (nSPS) is 11.6. The second kappa shape index (κ2) is 21.2. The summed E-state index contributed by atoms with van der Waals surface area (Å²) in [6, 6.07) is 30.0. The molecule has 368 valence electrons. The van der Waals surface area contributed by atoms with Gasteiger partial charge in [0.1, 0.15) is 52.7 Å². The van der Waals surface area contributed by atoms with Crippen molar-refractivity contribution in [3.63, 3.8) is 0 Å². The summed E-state index contributed by atoms with van der Waals surface area (Å²) >= 11 is -1.40. The molecule has 0 spiro atoms. The first-order valence-electron chi connectivity index (χ1n) is 19.5. The van der Waals surface area contributed by atoms with Crippen LogP contribution in [0.4, 0.5) is 87.8 Å². The van der Waals surface area contributed by atoms with Crippen LogP contribution < -0.4 is 40.0 Å². The fourth-order valence-electron chi connectivity index (χ4n) is 7.47. The van der Waals surface area contributed by atoms with Crippen molar-refractivity contribution in [3.8, 4) is 5.75 Å². The van der Waals surface area contributed by atoms with Crippen LogP contribution in [0.2, 0.25) is 0 Å². The molecule has 0 N–H and O–H groups in total. The number of hydrogen-bond donors (Lipinski definition) is 0. The Kier molecular flexibility index (Phi) is 16.0. The predicted molar refractivity (Wildman–Crippen MR) is 215 cm³/mol. The average molecular weight is 1080 g/mol. The molecule has 0 radical (unpaired) electrons. The van der Waals surface area contributed by atoms with E-state index in [2.05, 4.69) is 78.9 Å². The van der Waals surface area contributed by atoms with Crippen molar-refractivity contribution >= 4 is 55.3 Å². The van der Waals surface area contributed by atoms with E-state index in [1.54, 1.807) is 0 Å². The topological polar surface area (TPSA) is 18.5 Å². The molecule has 2 nitrogen and oxygen atoms in total. The van der Waals surface area contributed by atoms with Gasteiger partial charge in [-0.25, -0.2) is 87.8 Å². The van der Waals surface area contributed by atoms with Crippen molar-refractivity contribution in [2.75, 3.05) is 19.8 Å². The maximum atomic E-state index is 15.4. The minimum atomic E-state index is -7.22. The van der Waals surface area contributed by atoms with Gasteiger partial charge in [0, 0.05) is 0 Å². The minimum absolute atomic E-state index is 0.577. The molecular weight excluding hydrogens is 1050 g/mol. The Morgan fingerprint density at radius 3 is 0.871 bits per heavy atom. The van der Waals surface area contributed by atoms with Gasteiger partial charge in [-0.15, -0.1) is 21.9 Å². The van der Waals surface area contributed by atoms with Crippen molar-refractivity contribution < 1.29 is 97.3 Å². The van der Waals surface area contributed by atoms with Crippen LogP contribution in [0.15, 0.2) is 84.9 Å². The second-order valence-electron chi connectivity index (χ2n) is 14.2. The third-order valence-corrected chi connectivity index (χ3v) is 15.2. The Morgan fingerprint density at radius 1 is 0.329 bits per heavy atom. The predicted octanol–water partition coefficient (Wildman–Crippen LogP) is 8.46. The summed E-state index contributed by atoms with van der Waals surface area (Å²) in [6.07, 6.45) is -7.22. The van der Waals surface area contributed by atoms with Crippen LogP contribution in [0.5, 0.6) is 5.75 Å². The zero-order valence-electron chi connectivity index (χ0n) is 34.6. The number of hydrogen-bond acceptors (Lipinski definition) is 2. The van der Waals surface area contributed by atoms with E-state index in [1.807, 2.05) is 13.0 Å². The second-order valence-corrected chi connectivity index (χ2v) is 18.4. The first-order valence-corrected chi connectivity index (χ1v) is 22.0. The van der Waals surface area contributed by atoms with E-state index in [9.17, 15) is 52.7 Å². The SMILES string of the molecule is CCOCCOc1ccccc1[Se+](c1ccccc1)c1ccccc1.Fc1c(F)c(F)c([B-](c2c(F)c(F)c(F)c(F)c2F)(c2c(F)c(F)c(F)c(F)c2F)c2c(F)c(F)c(F)c(F)c2F)c(F)c1F. The van der Waals surface area contributed by atoms with Crippen molar-refractivity contribution in [1.29, 1.82) is 0 Å². The van der Waals surface area contributed by atoms with Gasteiger partial charge in [-0.1, -0.05) is 0 Å². The molecule has 0 aliphatic carbocycles. The number of halogens is 20.